The minimum atomic E-state index is 0.907. The molecule has 0 aliphatic heterocycles. The van der Waals surface area contributed by atoms with E-state index in [1.54, 1.807) is 17.7 Å². The molecule has 2 N–H and O–H groups in total. The number of anilines is 1. The van der Waals surface area contributed by atoms with Gasteiger partial charge in [-0.3, -0.25) is 0 Å². The highest BCUT2D eigenvalue weighted by molar-refractivity contribution is 7.13. The van der Waals surface area contributed by atoms with E-state index in [9.17, 15) is 0 Å². The zero-order valence-electron chi connectivity index (χ0n) is 8.69. The Bertz CT molecular complexity index is 625. The molecule has 2 heterocycles. The van der Waals surface area contributed by atoms with E-state index in [1.807, 2.05) is 24.6 Å². The molecule has 0 radical (unpaired) electrons. The van der Waals surface area contributed by atoms with Crippen molar-refractivity contribution in [2.24, 2.45) is 0 Å². The maximum Gasteiger partial charge on any atom is 0.137 e. The Hall–Kier alpha value is -1.88. The van der Waals surface area contributed by atoms with Crippen LogP contribution in [0.2, 0.25) is 0 Å². The van der Waals surface area contributed by atoms with Gasteiger partial charge in [0.05, 0.1) is 17.4 Å². The number of benzene rings is 1. The third kappa shape index (κ3) is 1.45. The fourth-order valence-corrected chi connectivity index (χ4v) is 2.40. The predicted molar refractivity (Wildman–Crippen MR) is 66.7 cm³/mol. The summed E-state index contributed by atoms with van der Waals surface area (Å²) in [6, 6.07) is 6.11. The Kier molecular flexibility index (Phi) is 2.11. The minimum absolute atomic E-state index is 0.907. The van der Waals surface area contributed by atoms with E-state index in [1.165, 1.54) is 0 Å². The van der Waals surface area contributed by atoms with Crippen LogP contribution in [0.4, 0.5) is 5.82 Å². The molecule has 2 aromatic heterocycles. The Morgan fingerprint density at radius 3 is 3.12 bits per heavy atom. The van der Waals surface area contributed by atoms with Gasteiger partial charge in [0.2, 0.25) is 0 Å². The summed E-state index contributed by atoms with van der Waals surface area (Å²) in [5, 5.41) is 6.05. The van der Waals surface area contributed by atoms with Crippen LogP contribution in [0.5, 0.6) is 0 Å². The number of H-pyrrole nitrogens is 1. The zero-order valence-corrected chi connectivity index (χ0v) is 9.51. The van der Waals surface area contributed by atoms with Crippen LogP contribution in [-0.4, -0.2) is 22.0 Å². The topological polar surface area (TPSA) is 53.6 Å². The molecule has 0 aliphatic rings. The van der Waals surface area contributed by atoms with Gasteiger partial charge in [0, 0.05) is 18.0 Å². The second kappa shape index (κ2) is 3.61. The van der Waals surface area contributed by atoms with E-state index in [4.69, 9.17) is 0 Å². The van der Waals surface area contributed by atoms with Crippen molar-refractivity contribution >= 4 is 28.2 Å². The van der Waals surface area contributed by atoms with Crippen LogP contribution in [0, 0.1) is 0 Å². The van der Waals surface area contributed by atoms with Gasteiger partial charge >= 0.3 is 0 Å². The number of aromatic nitrogens is 3. The first kappa shape index (κ1) is 9.35. The highest BCUT2D eigenvalue weighted by Crippen LogP contribution is 2.27. The lowest BCUT2D eigenvalue weighted by Crippen LogP contribution is -1.86. The molecule has 1 aromatic carbocycles. The molecule has 0 spiro atoms. The molecule has 5 heteroatoms. The average molecular weight is 230 g/mol. The third-order valence-electron chi connectivity index (χ3n) is 2.43. The van der Waals surface area contributed by atoms with Crippen LogP contribution in [0.3, 0.4) is 0 Å². The van der Waals surface area contributed by atoms with Gasteiger partial charge in [-0.1, -0.05) is 0 Å². The van der Waals surface area contributed by atoms with Gasteiger partial charge in [0.15, 0.2) is 0 Å². The number of hydrogen-bond acceptors (Lipinski definition) is 4. The lowest BCUT2D eigenvalue weighted by Gasteiger charge is -1.96. The van der Waals surface area contributed by atoms with Crippen molar-refractivity contribution in [1.29, 1.82) is 0 Å². The smallest absolute Gasteiger partial charge is 0.137 e. The number of nitrogens with one attached hydrogen (secondary N) is 2. The number of imidazole rings is 1. The van der Waals surface area contributed by atoms with Gasteiger partial charge in [-0.25, -0.2) is 9.97 Å². The van der Waals surface area contributed by atoms with E-state index in [0.29, 0.717) is 0 Å². The number of thiazole rings is 1. The van der Waals surface area contributed by atoms with Crippen molar-refractivity contribution in [3.05, 3.63) is 29.9 Å². The van der Waals surface area contributed by atoms with Crippen molar-refractivity contribution in [3.63, 3.8) is 0 Å². The molecule has 3 aromatic rings. The normalized spacial score (nSPS) is 10.8. The Labute approximate surface area is 96.4 Å². The monoisotopic (exact) mass is 230 g/mol. The van der Waals surface area contributed by atoms with Crippen molar-refractivity contribution in [3.8, 4) is 10.6 Å². The van der Waals surface area contributed by atoms with Crippen LogP contribution >= 0.6 is 11.3 Å². The summed E-state index contributed by atoms with van der Waals surface area (Å²) in [7, 11) is 1.87. The van der Waals surface area contributed by atoms with Gasteiger partial charge < -0.3 is 10.3 Å². The molecule has 0 saturated carbocycles. The summed E-state index contributed by atoms with van der Waals surface area (Å²) >= 11 is 1.63. The predicted octanol–water partition coefficient (Wildman–Crippen LogP) is 2.73. The molecule has 80 valence electrons. The summed E-state index contributed by atoms with van der Waals surface area (Å²) in [4.78, 5) is 11.8. The molecule has 3 rings (SSSR count). The quantitative estimate of drug-likeness (QED) is 0.711. The number of nitrogens with zero attached hydrogens (tertiary/aromatic N) is 2. The summed E-state index contributed by atoms with van der Waals surface area (Å²) < 4.78 is 0. The average Bonchev–Trinajstić information content (AvgIpc) is 2.96. The van der Waals surface area contributed by atoms with E-state index in [0.717, 1.165) is 27.4 Å². The molecule has 0 amide bonds. The SMILES string of the molecule is CNc1csc(-c2ccc3nc[nH]c3c2)n1. The molecule has 0 fully saturated rings. The maximum atomic E-state index is 4.46. The first-order valence-corrected chi connectivity index (χ1v) is 5.81. The highest BCUT2D eigenvalue weighted by atomic mass is 32.1. The van der Waals surface area contributed by atoms with E-state index in [2.05, 4.69) is 26.3 Å². The van der Waals surface area contributed by atoms with E-state index >= 15 is 0 Å². The second-order valence-electron chi connectivity index (χ2n) is 3.42. The van der Waals surface area contributed by atoms with Crippen LogP contribution < -0.4 is 5.32 Å². The number of fused-ring (bicyclic) bond motifs is 1. The number of aromatic amines is 1. The Morgan fingerprint density at radius 2 is 2.31 bits per heavy atom. The van der Waals surface area contributed by atoms with Gasteiger partial charge in [0.1, 0.15) is 10.8 Å². The fraction of sp³-hybridized carbons (Fsp3) is 0.0909. The van der Waals surface area contributed by atoms with Gasteiger partial charge in [-0.2, -0.15) is 0 Å². The molecule has 0 unspecified atom stereocenters. The standard InChI is InChI=1S/C11H10N4S/c1-12-10-5-16-11(15-10)7-2-3-8-9(4-7)14-6-13-8/h2-6,12H,1H3,(H,13,14). The lowest BCUT2D eigenvalue weighted by atomic mass is 10.2. The van der Waals surface area contributed by atoms with E-state index in [-0.39, 0.29) is 0 Å². The fourth-order valence-electron chi connectivity index (χ4n) is 1.59. The molecule has 0 aliphatic carbocycles. The van der Waals surface area contributed by atoms with Gasteiger partial charge in [-0.05, 0) is 18.2 Å². The lowest BCUT2D eigenvalue weighted by molar-refractivity contribution is 1.34. The largest absolute Gasteiger partial charge is 0.372 e. The maximum absolute atomic E-state index is 4.46. The zero-order chi connectivity index (χ0) is 11.0. The molecule has 4 nitrogen and oxygen atoms in total. The van der Waals surface area contributed by atoms with Crippen LogP contribution in [-0.2, 0) is 0 Å². The molecule has 0 bridgehead atoms. The number of rotatable bonds is 2. The van der Waals surface area contributed by atoms with Gasteiger partial charge in [0.25, 0.3) is 0 Å². The van der Waals surface area contributed by atoms with Gasteiger partial charge in [-0.15, -0.1) is 11.3 Å². The molecule has 16 heavy (non-hydrogen) atoms. The summed E-state index contributed by atoms with van der Waals surface area (Å²) in [6.45, 7) is 0. The third-order valence-corrected chi connectivity index (χ3v) is 3.32. The van der Waals surface area contributed by atoms with E-state index < -0.39 is 0 Å². The Morgan fingerprint density at radius 1 is 1.38 bits per heavy atom. The first-order chi connectivity index (χ1) is 7.86. The highest BCUT2D eigenvalue weighted by Gasteiger charge is 2.05. The van der Waals surface area contributed by atoms with Crippen LogP contribution in [0.25, 0.3) is 21.6 Å². The van der Waals surface area contributed by atoms with Crippen molar-refractivity contribution < 1.29 is 0 Å². The Balaban J connectivity index is 2.10. The molecular formula is C11H10N4S. The van der Waals surface area contributed by atoms with Crippen molar-refractivity contribution in [1.82, 2.24) is 15.0 Å². The van der Waals surface area contributed by atoms with Crippen LogP contribution in [0.1, 0.15) is 0 Å². The van der Waals surface area contributed by atoms with Crippen molar-refractivity contribution in [2.75, 3.05) is 12.4 Å². The summed E-state index contributed by atoms with van der Waals surface area (Å²) in [6.07, 6.45) is 1.70. The van der Waals surface area contributed by atoms with Crippen molar-refractivity contribution in [2.45, 2.75) is 0 Å². The molecule has 0 atom stereocenters. The first-order valence-electron chi connectivity index (χ1n) is 4.93. The molecular weight excluding hydrogens is 220 g/mol. The number of hydrogen-bond donors (Lipinski definition) is 2. The summed E-state index contributed by atoms with van der Waals surface area (Å²) in [5.41, 5.74) is 3.14. The minimum Gasteiger partial charge on any atom is -0.372 e. The second-order valence-corrected chi connectivity index (χ2v) is 4.28. The summed E-state index contributed by atoms with van der Waals surface area (Å²) in [5.74, 6) is 0.907. The molecule has 0 saturated heterocycles. The van der Waals surface area contributed by atoms with Crippen LogP contribution in [0.15, 0.2) is 29.9 Å².